The fourth-order valence-electron chi connectivity index (χ4n) is 13.0. The average Bonchev–Trinajstić information content (AvgIpc) is 3.79. The van der Waals surface area contributed by atoms with Gasteiger partial charge in [0, 0.05) is 20.0 Å². The van der Waals surface area contributed by atoms with Crippen LogP contribution in [0.3, 0.4) is 0 Å². The third-order valence-corrected chi connectivity index (χ3v) is 16.5. The van der Waals surface area contributed by atoms with Gasteiger partial charge in [0.05, 0.1) is 23.9 Å². The molecule has 2 heterocycles. The van der Waals surface area contributed by atoms with Crippen molar-refractivity contribution >= 4 is 11.9 Å². The number of esters is 2. The van der Waals surface area contributed by atoms with Crippen molar-refractivity contribution in [2.75, 3.05) is 0 Å². The van der Waals surface area contributed by atoms with Crippen LogP contribution in [0.2, 0.25) is 0 Å². The number of carbonyl (C=O) groups excluding carboxylic acids is 2. The standard InChI is InChI=1S/C44H68N6O5/c1-30(51)54-28-31-26-49(47-45-31)23-11-9-10-12-24-50-27-32(46-48-50)29-55-38(53)44-21-19-39(2,3)25-34(44)33-13-14-36-41(6)17-16-37(52)40(4,5)35(41)15-18-43(36,8)42(33,7)20-22-44/h13,26-27,34-37,52H,9-12,14-25,28-29H2,1-8H3/t34-,35-,36+,37-,41-,42+,43+,44-/m0/s1. The fraction of sp³-hybridized carbons (Fsp3) is 0.818. The van der Waals surface area contributed by atoms with Gasteiger partial charge in [-0.05, 0) is 122 Å². The summed E-state index contributed by atoms with van der Waals surface area (Å²) in [6.07, 6.45) is 20.5. The van der Waals surface area contributed by atoms with Crippen molar-refractivity contribution in [3.63, 3.8) is 0 Å². The number of allylic oxidation sites excluding steroid dienone is 2. The number of nitrogens with zero attached hydrogens (tertiary/aromatic N) is 6. The van der Waals surface area contributed by atoms with Crippen LogP contribution in [0.1, 0.15) is 157 Å². The molecule has 0 aliphatic heterocycles. The maximum absolute atomic E-state index is 14.5. The molecule has 0 saturated heterocycles. The molecule has 4 saturated carbocycles. The summed E-state index contributed by atoms with van der Waals surface area (Å²) in [6, 6.07) is 0. The molecule has 7 rings (SSSR count). The molecule has 1 N–H and O–H groups in total. The van der Waals surface area contributed by atoms with Crippen LogP contribution in [-0.2, 0) is 45.4 Å². The van der Waals surface area contributed by atoms with Crippen LogP contribution in [0, 0.1) is 50.2 Å². The average molecular weight is 761 g/mol. The van der Waals surface area contributed by atoms with E-state index in [1.54, 1.807) is 10.3 Å². The summed E-state index contributed by atoms with van der Waals surface area (Å²) in [4.78, 5) is 25.5. The molecule has 0 bridgehead atoms. The lowest BCUT2D eigenvalue weighted by atomic mass is 9.33. The van der Waals surface area contributed by atoms with Gasteiger partial charge in [-0.15, -0.1) is 10.2 Å². The van der Waals surface area contributed by atoms with Crippen molar-refractivity contribution in [3.8, 4) is 0 Å². The molecule has 2 aromatic heterocycles. The zero-order valence-corrected chi connectivity index (χ0v) is 35.0. The van der Waals surface area contributed by atoms with E-state index in [0.717, 1.165) is 90.1 Å². The van der Waals surface area contributed by atoms with Crippen LogP contribution in [0.5, 0.6) is 0 Å². The zero-order valence-electron chi connectivity index (χ0n) is 35.0. The van der Waals surface area contributed by atoms with Crippen molar-refractivity contribution in [3.05, 3.63) is 35.4 Å². The minimum absolute atomic E-state index is 0.0395. The number of fused-ring (bicyclic) bond motifs is 7. The van der Waals surface area contributed by atoms with Gasteiger partial charge in [0.2, 0.25) is 0 Å². The van der Waals surface area contributed by atoms with Gasteiger partial charge in [0.15, 0.2) is 0 Å². The monoisotopic (exact) mass is 761 g/mol. The van der Waals surface area contributed by atoms with Crippen molar-refractivity contribution in [2.24, 2.45) is 50.2 Å². The first-order chi connectivity index (χ1) is 25.9. The van der Waals surface area contributed by atoms with Crippen molar-refractivity contribution < 1.29 is 24.2 Å². The largest absolute Gasteiger partial charge is 0.459 e. The third kappa shape index (κ3) is 7.11. The number of aliphatic hydroxyl groups is 1. The quantitative estimate of drug-likeness (QED) is 0.129. The number of hydrogen-bond donors (Lipinski definition) is 1. The Morgan fingerprint density at radius 2 is 1.40 bits per heavy atom. The van der Waals surface area contributed by atoms with Gasteiger partial charge in [-0.25, -0.2) is 0 Å². The molecule has 304 valence electrons. The van der Waals surface area contributed by atoms with Crippen LogP contribution in [0.4, 0.5) is 0 Å². The second-order valence-corrected chi connectivity index (χ2v) is 20.5. The summed E-state index contributed by atoms with van der Waals surface area (Å²) in [5, 5.41) is 28.0. The van der Waals surface area contributed by atoms with Crippen molar-refractivity contribution in [1.82, 2.24) is 30.0 Å². The van der Waals surface area contributed by atoms with E-state index in [4.69, 9.17) is 9.47 Å². The summed E-state index contributed by atoms with van der Waals surface area (Å²) in [5.74, 6) is 0.928. The molecule has 11 heteroatoms. The molecule has 0 unspecified atom stereocenters. The lowest BCUT2D eigenvalue weighted by Gasteiger charge is -2.71. The molecule has 2 aromatic rings. The second-order valence-electron chi connectivity index (χ2n) is 20.5. The van der Waals surface area contributed by atoms with E-state index in [1.807, 2.05) is 17.1 Å². The van der Waals surface area contributed by atoms with E-state index in [9.17, 15) is 14.7 Å². The van der Waals surface area contributed by atoms with Crippen LogP contribution in [0.15, 0.2) is 24.0 Å². The lowest BCUT2D eigenvalue weighted by molar-refractivity contribution is -0.206. The Hall–Kier alpha value is -3.08. The molecule has 11 nitrogen and oxygen atoms in total. The van der Waals surface area contributed by atoms with Crippen LogP contribution in [0.25, 0.3) is 0 Å². The number of rotatable bonds is 12. The molecule has 55 heavy (non-hydrogen) atoms. The zero-order chi connectivity index (χ0) is 39.4. The Balaban J connectivity index is 0.968. The summed E-state index contributed by atoms with van der Waals surface area (Å²) in [7, 11) is 0. The van der Waals surface area contributed by atoms with Gasteiger partial charge in [0.1, 0.15) is 24.6 Å². The van der Waals surface area contributed by atoms with Crippen LogP contribution >= 0.6 is 0 Å². The lowest BCUT2D eigenvalue weighted by Crippen LogP contribution is -2.65. The first-order valence-corrected chi connectivity index (χ1v) is 21.4. The van der Waals surface area contributed by atoms with Crippen LogP contribution in [-0.4, -0.2) is 53.1 Å². The van der Waals surface area contributed by atoms with E-state index < -0.39 is 5.41 Å². The Morgan fingerprint density at radius 3 is 2.04 bits per heavy atom. The Kier molecular flexibility index (Phi) is 10.7. The first kappa shape index (κ1) is 40.1. The van der Waals surface area contributed by atoms with Gasteiger partial charge in [0.25, 0.3) is 0 Å². The van der Waals surface area contributed by atoms with Gasteiger partial charge in [-0.3, -0.25) is 19.0 Å². The molecule has 4 fully saturated rings. The maximum atomic E-state index is 14.5. The molecule has 8 atom stereocenters. The van der Waals surface area contributed by atoms with E-state index in [0.29, 0.717) is 23.2 Å². The van der Waals surface area contributed by atoms with Gasteiger partial charge in [-0.2, -0.15) is 0 Å². The highest BCUT2D eigenvalue weighted by Gasteiger charge is 2.69. The molecule has 0 spiro atoms. The molecule has 5 aliphatic carbocycles. The normalized spacial score (nSPS) is 36.1. The van der Waals surface area contributed by atoms with Crippen LogP contribution < -0.4 is 0 Å². The molecular formula is C44H68N6O5. The minimum atomic E-state index is -0.492. The molecule has 5 aliphatic rings. The van der Waals surface area contributed by atoms with E-state index >= 15 is 0 Å². The fourth-order valence-corrected chi connectivity index (χ4v) is 13.0. The third-order valence-electron chi connectivity index (χ3n) is 16.5. The maximum Gasteiger partial charge on any atom is 0.313 e. The number of aliphatic hydroxyl groups excluding tert-OH is 1. The minimum Gasteiger partial charge on any atom is -0.459 e. The Morgan fingerprint density at radius 1 is 0.782 bits per heavy atom. The summed E-state index contributed by atoms with van der Waals surface area (Å²) < 4.78 is 14.9. The number of hydrogen-bond acceptors (Lipinski definition) is 9. The second kappa shape index (κ2) is 14.7. The van der Waals surface area contributed by atoms with Gasteiger partial charge in [-0.1, -0.05) is 83.4 Å². The number of ether oxygens (including phenoxy) is 2. The highest BCUT2D eigenvalue weighted by Crippen LogP contribution is 2.75. The number of unbranched alkanes of at least 4 members (excludes halogenated alkanes) is 3. The smallest absolute Gasteiger partial charge is 0.313 e. The summed E-state index contributed by atoms with van der Waals surface area (Å²) >= 11 is 0. The van der Waals surface area contributed by atoms with Crippen molar-refractivity contribution in [1.29, 1.82) is 0 Å². The molecular weight excluding hydrogens is 693 g/mol. The predicted molar refractivity (Wildman–Crippen MR) is 209 cm³/mol. The number of carbonyl (C=O) groups is 2. The summed E-state index contributed by atoms with van der Waals surface area (Å²) in [6.45, 7) is 20.4. The number of aromatic nitrogens is 6. The summed E-state index contributed by atoms with van der Waals surface area (Å²) in [5.41, 5.74) is 2.93. The van der Waals surface area contributed by atoms with Gasteiger partial charge >= 0.3 is 11.9 Å². The Labute approximate surface area is 328 Å². The topological polar surface area (TPSA) is 134 Å². The predicted octanol–water partition coefficient (Wildman–Crippen LogP) is 8.40. The van der Waals surface area contributed by atoms with E-state index in [1.165, 1.54) is 19.8 Å². The van der Waals surface area contributed by atoms with Gasteiger partial charge < -0.3 is 14.6 Å². The van der Waals surface area contributed by atoms with Crippen molar-refractivity contribution in [2.45, 2.75) is 178 Å². The first-order valence-electron chi connectivity index (χ1n) is 21.4. The molecule has 0 amide bonds. The highest BCUT2D eigenvalue weighted by molar-refractivity contribution is 5.78. The number of aryl methyl sites for hydroxylation is 2. The highest BCUT2D eigenvalue weighted by atomic mass is 16.5. The Bertz CT molecular complexity index is 1760. The SMILES string of the molecule is CC(=O)OCc1cn(CCCCCCn2cc(COC(=O)[C@]34CCC(C)(C)C[C@H]3C3=CC[C@@H]5[C@@]6(C)CC[C@H](O)C(C)(C)[C@@H]6CC[C@@]5(C)[C@]3(C)CC4)nn2)nn1. The van der Waals surface area contributed by atoms with E-state index in [2.05, 4.69) is 75.2 Å². The van der Waals surface area contributed by atoms with E-state index in [-0.39, 0.29) is 64.2 Å². The molecule has 0 aromatic carbocycles. The molecule has 0 radical (unpaired) electrons.